The summed E-state index contributed by atoms with van der Waals surface area (Å²) in [5.41, 5.74) is 2.72. The number of sulfone groups is 1. The number of fused-ring (bicyclic) bond motifs is 1. The van der Waals surface area contributed by atoms with Crippen molar-refractivity contribution in [3.05, 3.63) is 48.0 Å². The van der Waals surface area contributed by atoms with Gasteiger partial charge in [0.15, 0.2) is 5.03 Å². The van der Waals surface area contributed by atoms with Crippen molar-refractivity contribution in [1.29, 1.82) is 0 Å². The van der Waals surface area contributed by atoms with Crippen LogP contribution in [0.1, 0.15) is 5.56 Å². The van der Waals surface area contributed by atoms with Crippen molar-refractivity contribution in [2.75, 3.05) is 38.1 Å². The van der Waals surface area contributed by atoms with Gasteiger partial charge in [-0.1, -0.05) is 17.7 Å². The Balaban J connectivity index is 0.00000210. The number of aryl methyl sites for hydroxylation is 1. The Morgan fingerprint density at radius 1 is 1.00 bits per heavy atom. The Morgan fingerprint density at radius 2 is 1.67 bits per heavy atom. The molecule has 0 radical (unpaired) electrons. The standard InChI is InChI=1S/C19H22N4O2S.ClH/c1-14-3-6-16(7-4-14)26(24,25)19-17-13-15(5-8-18(17)20-21-19)23-11-9-22(2)10-12-23;/h3-8,13H,9-12H2,1-2H3,(H,20,21);1H. The Labute approximate surface area is 165 Å². The maximum absolute atomic E-state index is 13.1. The van der Waals surface area contributed by atoms with E-state index in [0.717, 1.165) is 37.4 Å². The molecular formula is C19H23ClN4O2S. The van der Waals surface area contributed by atoms with Gasteiger partial charge < -0.3 is 9.80 Å². The van der Waals surface area contributed by atoms with Gasteiger partial charge in [-0.25, -0.2) is 8.42 Å². The van der Waals surface area contributed by atoms with E-state index in [0.29, 0.717) is 10.9 Å². The number of aromatic nitrogens is 2. The minimum Gasteiger partial charge on any atom is -0.369 e. The molecule has 6 nitrogen and oxygen atoms in total. The van der Waals surface area contributed by atoms with Crippen molar-refractivity contribution in [2.24, 2.45) is 0 Å². The van der Waals surface area contributed by atoms with Crippen molar-refractivity contribution in [3.63, 3.8) is 0 Å². The van der Waals surface area contributed by atoms with Crippen molar-refractivity contribution >= 4 is 38.8 Å². The molecule has 2 heterocycles. The van der Waals surface area contributed by atoms with E-state index in [1.807, 2.05) is 25.1 Å². The van der Waals surface area contributed by atoms with Gasteiger partial charge in [0.25, 0.3) is 0 Å². The van der Waals surface area contributed by atoms with Gasteiger partial charge in [-0.3, -0.25) is 5.10 Å². The molecule has 8 heteroatoms. The molecule has 0 unspecified atom stereocenters. The van der Waals surface area contributed by atoms with E-state index in [4.69, 9.17) is 0 Å². The molecule has 1 N–H and O–H groups in total. The predicted octanol–water partition coefficient (Wildman–Crippen LogP) is 2.88. The molecule has 0 bridgehead atoms. The topological polar surface area (TPSA) is 69.3 Å². The number of H-pyrrole nitrogens is 1. The summed E-state index contributed by atoms with van der Waals surface area (Å²) < 4.78 is 26.1. The molecule has 144 valence electrons. The zero-order valence-corrected chi connectivity index (χ0v) is 17.0. The molecule has 4 rings (SSSR count). The van der Waals surface area contributed by atoms with Crippen molar-refractivity contribution in [1.82, 2.24) is 15.1 Å². The summed E-state index contributed by atoms with van der Waals surface area (Å²) in [7, 11) is -1.53. The van der Waals surface area contributed by atoms with Crippen LogP contribution in [0.5, 0.6) is 0 Å². The first-order valence-corrected chi connectivity index (χ1v) is 10.2. The highest BCUT2D eigenvalue weighted by Crippen LogP contribution is 2.30. The van der Waals surface area contributed by atoms with Gasteiger partial charge in [-0.15, -0.1) is 12.4 Å². The average Bonchev–Trinajstić information content (AvgIpc) is 3.06. The van der Waals surface area contributed by atoms with E-state index >= 15 is 0 Å². The molecule has 0 atom stereocenters. The van der Waals surface area contributed by atoms with Crippen LogP contribution in [0, 0.1) is 6.92 Å². The number of hydrogen-bond donors (Lipinski definition) is 1. The molecule has 1 aliphatic rings. The molecule has 3 aromatic rings. The van der Waals surface area contributed by atoms with Crippen LogP contribution in [0.3, 0.4) is 0 Å². The summed E-state index contributed by atoms with van der Waals surface area (Å²) in [5, 5.41) is 7.74. The quantitative estimate of drug-likeness (QED) is 0.724. The zero-order chi connectivity index (χ0) is 18.3. The van der Waals surface area contributed by atoms with Crippen LogP contribution in [-0.4, -0.2) is 56.7 Å². The summed E-state index contributed by atoms with van der Waals surface area (Å²) >= 11 is 0. The Kier molecular flexibility index (Phi) is 5.46. The van der Waals surface area contributed by atoms with Crippen LogP contribution in [0.4, 0.5) is 5.69 Å². The van der Waals surface area contributed by atoms with Crippen LogP contribution < -0.4 is 4.90 Å². The first-order valence-electron chi connectivity index (χ1n) is 8.68. The smallest absolute Gasteiger partial charge is 0.223 e. The molecule has 0 aliphatic carbocycles. The van der Waals surface area contributed by atoms with Gasteiger partial charge in [-0.2, -0.15) is 5.10 Å². The lowest BCUT2D eigenvalue weighted by Gasteiger charge is -2.34. The predicted molar refractivity (Wildman–Crippen MR) is 110 cm³/mol. The fraction of sp³-hybridized carbons (Fsp3) is 0.316. The molecule has 27 heavy (non-hydrogen) atoms. The lowest BCUT2D eigenvalue weighted by atomic mass is 10.2. The van der Waals surface area contributed by atoms with Crippen LogP contribution in [0.15, 0.2) is 52.4 Å². The number of benzene rings is 2. The van der Waals surface area contributed by atoms with Gasteiger partial charge in [0.05, 0.1) is 10.4 Å². The first-order chi connectivity index (χ1) is 12.4. The maximum Gasteiger partial charge on any atom is 0.223 e. The van der Waals surface area contributed by atoms with E-state index in [2.05, 4.69) is 27.0 Å². The third-order valence-electron chi connectivity index (χ3n) is 4.97. The number of nitrogens with zero attached hydrogens (tertiary/aromatic N) is 3. The maximum atomic E-state index is 13.1. The molecule has 2 aromatic carbocycles. The summed E-state index contributed by atoms with van der Waals surface area (Å²) in [6, 6.07) is 12.7. The van der Waals surface area contributed by atoms with Gasteiger partial charge in [0.1, 0.15) is 0 Å². The molecule has 0 saturated carbocycles. The lowest BCUT2D eigenvalue weighted by Crippen LogP contribution is -2.44. The average molecular weight is 407 g/mol. The van der Waals surface area contributed by atoms with Gasteiger partial charge in [0.2, 0.25) is 9.84 Å². The largest absolute Gasteiger partial charge is 0.369 e. The number of likely N-dealkylation sites (N-methyl/N-ethyl adjacent to an activating group) is 1. The van der Waals surface area contributed by atoms with Crippen LogP contribution in [-0.2, 0) is 9.84 Å². The highest BCUT2D eigenvalue weighted by Gasteiger charge is 2.24. The molecule has 1 saturated heterocycles. The SMILES string of the molecule is Cc1ccc(S(=O)(=O)c2[nH]nc3ccc(N4CCN(C)CC4)cc23)cc1.Cl. The van der Waals surface area contributed by atoms with Crippen molar-refractivity contribution in [2.45, 2.75) is 16.8 Å². The second-order valence-corrected chi connectivity index (χ2v) is 8.75. The number of piperazine rings is 1. The van der Waals surface area contributed by atoms with E-state index in [1.54, 1.807) is 24.3 Å². The van der Waals surface area contributed by atoms with E-state index in [9.17, 15) is 8.42 Å². The van der Waals surface area contributed by atoms with E-state index in [1.165, 1.54) is 0 Å². The van der Waals surface area contributed by atoms with Crippen LogP contribution >= 0.6 is 12.4 Å². The second-order valence-electron chi connectivity index (χ2n) is 6.86. The summed E-state index contributed by atoms with van der Waals surface area (Å²) in [6.45, 7) is 5.79. The van der Waals surface area contributed by atoms with Crippen molar-refractivity contribution < 1.29 is 8.42 Å². The van der Waals surface area contributed by atoms with Crippen LogP contribution in [0.2, 0.25) is 0 Å². The number of halogens is 1. The monoisotopic (exact) mass is 406 g/mol. The molecule has 1 aliphatic heterocycles. The first kappa shape index (κ1) is 19.7. The minimum absolute atomic E-state index is 0. The normalized spacial score (nSPS) is 15.7. The summed E-state index contributed by atoms with van der Waals surface area (Å²) in [4.78, 5) is 4.85. The highest BCUT2D eigenvalue weighted by molar-refractivity contribution is 7.91. The molecular weight excluding hydrogens is 384 g/mol. The van der Waals surface area contributed by atoms with Gasteiger partial charge in [-0.05, 0) is 44.3 Å². The number of aromatic amines is 1. The number of rotatable bonds is 3. The summed E-state index contributed by atoms with van der Waals surface area (Å²) in [6.07, 6.45) is 0. The Morgan fingerprint density at radius 3 is 2.33 bits per heavy atom. The van der Waals surface area contributed by atoms with Gasteiger partial charge >= 0.3 is 0 Å². The molecule has 1 fully saturated rings. The third kappa shape index (κ3) is 3.67. The highest BCUT2D eigenvalue weighted by atomic mass is 35.5. The summed E-state index contributed by atoms with van der Waals surface area (Å²) in [5.74, 6) is 0. The number of nitrogens with one attached hydrogen (secondary N) is 1. The fourth-order valence-electron chi connectivity index (χ4n) is 3.28. The minimum atomic E-state index is -3.64. The molecule has 0 amide bonds. The third-order valence-corrected chi connectivity index (χ3v) is 6.71. The van der Waals surface area contributed by atoms with E-state index in [-0.39, 0.29) is 22.3 Å². The lowest BCUT2D eigenvalue weighted by molar-refractivity contribution is 0.313. The zero-order valence-electron chi connectivity index (χ0n) is 15.3. The Hall–Kier alpha value is -2.09. The number of anilines is 1. The van der Waals surface area contributed by atoms with Gasteiger partial charge in [0, 0.05) is 37.3 Å². The Bertz CT molecular complexity index is 1040. The molecule has 0 spiro atoms. The molecule has 1 aromatic heterocycles. The second kappa shape index (κ2) is 7.50. The van der Waals surface area contributed by atoms with Crippen LogP contribution in [0.25, 0.3) is 10.9 Å². The number of hydrogen-bond acceptors (Lipinski definition) is 5. The van der Waals surface area contributed by atoms with E-state index < -0.39 is 9.84 Å². The van der Waals surface area contributed by atoms with Crippen molar-refractivity contribution in [3.8, 4) is 0 Å². The fourth-order valence-corrected chi connectivity index (χ4v) is 4.63.